The summed E-state index contributed by atoms with van der Waals surface area (Å²) in [6.07, 6.45) is 0.177. The molecule has 4 atom stereocenters. The largest absolute Gasteiger partial charge is 0.497 e. The third-order valence-electron chi connectivity index (χ3n) is 5.81. The summed E-state index contributed by atoms with van der Waals surface area (Å²) in [5, 5.41) is 0. The molecule has 1 aromatic rings. The highest BCUT2D eigenvalue weighted by molar-refractivity contribution is 5.33. The van der Waals surface area contributed by atoms with Crippen LogP contribution in [0.4, 0.5) is 0 Å². The van der Waals surface area contributed by atoms with E-state index in [9.17, 15) is 0 Å². The van der Waals surface area contributed by atoms with Gasteiger partial charge in [-0.1, -0.05) is 26.3 Å². The molecular formula is C21H30O3. The Balaban J connectivity index is 1.65. The van der Waals surface area contributed by atoms with Crippen molar-refractivity contribution in [2.24, 2.45) is 23.2 Å². The summed E-state index contributed by atoms with van der Waals surface area (Å²) >= 11 is 0. The van der Waals surface area contributed by atoms with E-state index >= 15 is 0 Å². The van der Waals surface area contributed by atoms with Crippen molar-refractivity contribution >= 4 is 0 Å². The van der Waals surface area contributed by atoms with Crippen molar-refractivity contribution in [2.75, 3.05) is 20.3 Å². The van der Waals surface area contributed by atoms with Gasteiger partial charge in [-0.25, -0.2) is 0 Å². The van der Waals surface area contributed by atoms with Crippen LogP contribution in [0, 0.1) is 23.2 Å². The van der Waals surface area contributed by atoms with Crippen LogP contribution >= 0.6 is 0 Å². The number of allylic oxidation sites excluding steroid dienone is 1. The number of fused-ring (bicyclic) bond motifs is 1. The summed E-state index contributed by atoms with van der Waals surface area (Å²) in [5.41, 5.74) is 3.32. The normalized spacial score (nSPS) is 28.8. The Hall–Kier alpha value is -1.48. The fraction of sp³-hybridized carbons (Fsp3) is 0.619. The minimum absolute atomic E-state index is 0.177. The van der Waals surface area contributed by atoms with Gasteiger partial charge in [0.25, 0.3) is 0 Å². The molecule has 1 aliphatic heterocycles. The lowest BCUT2D eigenvalue weighted by Gasteiger charge is -2.31. The van der Waals surface area contributed by atoms with Crippen LogP contribution in [0.25, 0.3) is 0 Å². The third-order valence-corrected chi connectivity index (χ3v) is 5.81. The van der Waals surface area contributed by atoms with E-state index in [-0.39, 0.29) is 6.10 Å². The van der Waals surface area contributed by atoms with Crippen LogP contribution in [-0.2, 0) is 4.74 Å². The average Bonchev–Trinajstić information content (AvgIpc) is 3.13. The van der Waals surface area contributed by atoms with Crippen molar-refractivity contribution in [3.05, 3.63) is 35.4 Å². The molecule has 0 unspecified atom stereocenters. The second-order valence-electron chi connectivity index (χ2n) is 8.08. The van der Waals surface area contributed by atoms with Crippen LogP contribution in [0.3, 0.4) is 0 Å². The van der Waals surface area contributed by atoms with Crippen molar-refractivity contribution in [1.82, 2.24) is 0 Å². The van der Waals surface area contributed by atoms with Gasteiger partial charge >= 0.3 is 0 Å². The van der Waals surface area contributed by atoms with Crippen LogP contribution in [0.15, 0.2) is 35.4 Å². The lowest BCUT2D eigenvalue weighted by atomic mass is 9.87. The van der Waals surface area contributed by atoms with Crippen molar-refractivity contribution < 1.29 is 14.2 Å². The van der Waals surface area contributed by atoms with Crippen LogP contribution in [-0.4, -0.2) is 26.4 Å². The number of rotatable bonds is 5. The Morgan fingerprint density at radius 2 is 1.83 bits per heavy atom. The van der Waals surface area contributed by atoms with Crippen molar-refractivity contribution in [3.63, 3.8) is 0 Å². The molecule has 0 N–H and O–H groups in total. The minimum Gasteiger partial charge on any atom is -0.497 e. The Morgan fingerprint density at radius 3 is 2.42 bits per heavy atom. The zero-order chi connectivity index (χ0) is 17.5. The van der Waals surface area contributed by atoms with Gasteiger partial charge in [0.2, 0.25) is 0 Å². The maximum absolute atomic E-state index is 6.27. The van der Waals surface area contributed by atoms with Gasteiger partial charge in [-0.2, -0.15) is 0 Å². The first-order valence-corrected chi connectivity index (χ1v) is 8.92. The van der Waals surface area contributed by atoms with Gasteiger partial charge in [0.15, 0.2) is 0 Å². The minimum atomic E-state index is 0.177. The van der Waals surface area contributed by atoms with E-state index in [4.69, 9.17) is 14.2 Å². The number of ether oxygens (including phenoxy) is 3. The predicted octanol–water partition coefficient (Wildman–Crippen LogP) is 4.72. The Morgan fingerprint density at radius 1 is 1.21 bits per heavy atom. The SMILES string of the molecule is COc1ccc(OC[C@H](C)[C@@H]2OC[C@H]3[C@@H](C2=C(C)C)C3(C)C)cc1. The highest BCUT2D eigenvalue weighted by atomic mass is 16.5. The molecule has 1 heterocycles. The first-order valence-electron chi connectivity index (χ1n) is 8.92. The third kappa shape index (κ3) is 3.06. The maximum atomic E-state index is 6.27. The zero-order valence-electron chi connectivity index (χ0n) is 15.8. The maximum Gasteiger partial charge on any atom is 0.119 e. The van der Waals surface area contributed by atoms with E-state index in [1.807, 2.05) is 24.3 Å². The molecule has 2 aliphatic rings. The molecule has 0 aromatic heterocycles. The highest BCUT2D eigenvalue weighted by Gasteiger charge is 2.63. The van der Waals surface area contributed by atoms with Gasteiger partial charge in [0.05, 0.1) is 26.4 Å². The summed E-state index contributed by atoms with van der Waals surface area (Å²) in [5.74, 6) is 3.43. The Bertz CT molecular complexity index is 610. The van der Waals surface area contributed by atoms with E-state index in [1.165, 1.54) is 11.1 Å². The second-order valence-corrected chi connectivity index (χ2v) is 8.08. The van der Waals surface area contributed by atoms with Crippen molar-refractivity contribution in [1.29, 1.82) is 0 Å². The van der Waals surface area contributed by atoms with Gasteiger partial charge in [-0.3, -0.25) is 0 Å². The van der Waals surface area contributed by atoms with Crippen molar-refractivity contribution in [3.8, 4) is 11.5 Å². The molecule has 3 rings (SSSR count). The summed E-state index contributed by atoms with van der Waals surface area (Å²) in [6.45, 7) is 13.0. The molecule has 1 aromatic carbocycles. The fourth-order valence-electron chi connectivity index (χ4n) is 4.20. The number of methoxy groups -OCH3 is 1. The predicted molar refractivity (Wildman–Crippen MR) is 96.5 cm³/mol. The molecule has 1 aliphatic carbocycles. The highest BCUT2D eigenvalue weighted by Crippen LogP contribution is 2.65. The van der Waals surface area contributed by atoms with Gasteiger partial charge in [0, 0.05) is 5.92 Å². The smallest absolute Gasteiger partial charge is 0.119 e. The van der Waals surface area contributed by atoms with Crippen LogP contribution < -0.4 is 9.47 Å². The van der Waals surface area contributed by atoms with E-state index in [2.05, 4.69) is 34.6 Å². The van der Waals surface area contributed by atoms with Crippen LogP contribution in [0.1, 0.15) is 34.6 Å². The standard InChI is InChI=1S/C21H30O3/c1-13(2)18-19-17(21(19,4)5)12-24-20(18)14(3)11-23-16-9-7-15(22-6)8-10-16/h7-10,14,17,19-20H,11-12H2,1-6H3/t14-,17-,19-,20-/m0/s1. The van der Waals surface area contributed by atoms with Gasteiger partial charge in [0.1, 0.15) is 11.5 Å². The molecule has 3 nitrogen and oxygen atoms in total. The molecule has 3 heteroatoms. The lowest BCUT2D eigenvalue weighted by Crippen LogP contribution is -2.34. The van der Waals surface area contributed by atoms with E-state index < -0.39 is 0 Å². The van der Waals surface area contributed by atoms with Gasteiger partial charge in [-0.15, -0.1) is 0 Å². The molecule has 132 valence electrons. The quantitative estimate of drug-likeness (QED) is 0.731. The topological polar surface area (TPSA) is 27.7 Å². The van der Waals surface area contributed by atoms with Gasteiger partial charge < -0.3 is 14.2 Å². The average molecular weight is 330 g/mol. The van der Waals surface area contributed by atoms with E-state index in [1.54, 1.807) is 7.11 Å². The summed E-state index contributed by atoms with van der Waals surface area (Å²) in [7, 11) is 1.67. The molecule has 0 spiro atoms. The van der Waals surface area contributed by atoms with Crippen molar-refractivity contribution in [2.45, 2.75) is 40.7 Å². The number of benzene rings is 1. The summed E-state index contributed by atoms with van der Waals surface area (Å²) < 4.78 is 17.4. The molecule has 0 radical (unpaired) electrons. The summed E-state index contributed by atoms with van der Waals surface area (Å²) in [4.78, 5) is 0. The number of hydrogen-bond donors (Lipinski definition) is 0. The monoisotopic (exact) mass is 330 g/mol. The molecule has 0 bridgehead atoms. The molecule has 1 saturated heterocycles. The fourth-order valence-corrected chi connectivity index (χ4v) is 4.20. The summed E-state index contributed by atoms with van der Waals surface area (Å²) in [6, 6.07) is 7.76. The second kappa shape index (κ2) is 6.44. The molecule has 24 heavy (non-hydrogen) atoms. The molecule has 0 amide bonds. The first-order chi connectivity index (χ1) is 11.4. The van der Waals surface area contributed by atoms with Gasteiger partial charge in [-0.05, 0) is 60.9 Å². The molecular weight excluding hydrogens is 300 g/mol. The first kappa shape index (κ1) is 17.3. The molecule has 1 saturated carbocycles. The van der Waals surface area contributed by atoms with E-state index in [0.29, 0.717) is 29.8 Å². The Labute approximate surface area is 146 Å². The zero-order valence-corrected chi connectivity index (χ0v) is 15.8. The Kier molecular flexibility index (Phi) is 4.65. The van der Waals surface area contributed by atoms with E-state index in [0.717, 1.165) is 18.1 Å². The number of hydrogen-bond acceptors (Lipinski definition) is 3. The molecule has 2 fully saturated rings. The van der Waals surface area contributed by atoms with Crippen LogP contribution in [0.5, 0.6) is 11.5 Å². The lowest BCUT2D eigenvalue weighted by molar-refractivity contribution is 0.000214. The van der Waals surface area contributed by atoms with Crippen LogP contribution in [0.2, 0.25) is 0 Å².